The van der Waals surface area contributed by atoms with Crippen LogP contribution in [0.3, 0.4) is 0 Å². The van der Waals surface area contributed by atoms with Crippen molar-refractivity contribution >= 4 is 16.4 Å². The first-order chi connectivity index (χ1) is 8.35. The lowest BCUT2D eigenvalue weighted by atomic mass is 10.1. The first-order valence-electron chi connectivity index (χ1n) is 6.16. The van der Waals surface area contributed by atoms with E-state index in [0.717, 1.165) is 32.1 Å². The summed E-state index contributed by atoms with van der Waals surface area (Å²) >= 11 is 0. The molecule has 0 amide bonds. The quantitative estimate of drug-likeness (QED) is 0.375. The highest BCUT2D eigenvalue weighted by Crippen LogP contribution is 2.06. The van der Waals surface area contributed by atoms with Crippen molar-refractivity contribution in [3.8, 4) is 0 Å². The molecule has 0 aliphatic rings. The topological polar surface area (TPSA) is 89.9 Å². The molecule has 0 aliphatic carbocycles. The third-order valence-electron chi connectivity index (χ3n) is 2.25. The fourth-order valence-corrected chi connectivity index (χ4v) is 1.86. The maximum Gasteiger partial charge on any atom is 0.397 e. The molecule has 0 bridgehead atoms. The SMILES string of the molecule is CCCCCCCC(=O)OCC(C)OS(=O)(=O)O. The molecule has 0 fully saturated rings. The van der Waals surface area contributed by atoms with Crippen LogP contribution in [0.1, 0.15) is 52.4 Å². The predicted molar refractivity (Wildman–Crippen MR) is 66.4 cm³/mol. The van der Waals surface area contributed by atoms with Crippen molar-refractivity contribution in [3.63, 3.8) is 0 Å². The van der Waals surface area contributed by atoms with Gasteiger partial charge in [0.2, 0.25) is 0 Å². The van der Waals surface area contributed by atoms with Crippen LogP contribution >= 0.6 is 0 Å². The number of carbonyl (C=O) groups is 1. The van der Waals surface area contributed by atoms with Crippen molar-refractivity contribution in [2.45, 2.75) is 58.5 Å². The maximum absolute atomic E-state index is 11.3. The third kappa shape index (κ3) is 11.8. The van der Waals surface area contributed by atoms with Crippen molar-refractivity contribution in [2.24, 2.45) is 0 Å². The molecule has 0 saturated heterocycles. The van der Waals surface area contributed by atoms with Crippen LogP contribution in [0.25, 0.3) is 0 Å². The minimum Gasteiger partial charge on any atom is -0.463 e. The number of ether oxygens (including phenoxy) is 1. The number of unbranched alkanes of at least 4 members (excludes halogenated alkanes) is 4. The molecule has 1 N–H and O–H groups in total. The smallest absolute Gasteiger partial charge is 0.397 e. The van der Waals surface area contributed by atoms with E-state index in [0.29, 0.717) is 6.42 Å². The van der Waals surface area contributed by atoms with Gasteiger partial charge in [0.25, 0.3) is 0 Å². The molecule has 6 nitrogen and oxygen atoms in total. The Labute approximate surface area is 109 Å². The van der Waals surface area contributed by atoms with Gasteiger partial charge in [-0.05, 0) is 13.3 Å². The summed E-state index contributed by atoms with van der Waals surface area (Å²) in [5.41, 5.74) is 0. The lowest BCUT2D eigenvalue weighted by molar-refractivity contribution is -0.146. The van der Waals surface area contributed by atoms with E-state index in [9.17, 15) is 13.2 Å². The van der Waals surface area contributed by atoms with Crippen LogP contribution in [-0.4, -0.2) is 31.7 Å². The lowest BCUT2D eigenvalue weighted by Gasteiger charge is -2.10. The molecular weight excluding hydrogens is 260 g/mol. The van der Waals surface area contributed by atoms with Gasteiger partial charge in [-0.2, -0.15) is 8.42 Å². The first-order valence-corrected chi connectivity index (χ1v) is 7.53. The number of hydrogen-bond donors (Lipinski definition) is 1. The van der Waals surface area contributed by atoms with Gasteiger partial charge in [-0.15, -0.1) is 0 Å². The van der Waals surface area contributed by atoms with Crippen molar-refractivity contribution in [2.75, 3.05) is 6.61 Å². The molecule has 0 aromatic carbocycles. The molecule has 0 aliphatic heterocycles. The van der Waals surface area contributed by atoms with Gasteiger partial charge < -0.3 is 4.74 Å². The van der Waals surface area contributed by atoms with E-state index in [1.807, 2.05) is 0 Å². The normalized spacial score (nSPS) is 13.3. The van der Waals surface area contributed by atoms with Crippen LogP contribution in [0.5, 0.6) is 0 Å². The molecule has 1 unspecified atom stereocenters. The highest BCUT2D eigenvalue weighted by Gasteiger charge is 2.14. The monoisotopic (exact) mass is 282 g/mol. The van der Waals surface area contributed by atoms with Gasteiger partial charge in [-0.3, -0.25) is 9.35 Å². The molecule has 0 aromatic rings. The van der Waals surface area contributed by atoms with Gasteiger partial charge in [0.05, 0.1) is 0 Å². The number of carbonyl (C=O) groups excluding carboxylic acids is 1. The van der Waals surface area contributed by atoms with Crippen LogP contribution in [-0.2, 0) is 24.1 Å². The summed E-state index contributed by atoms with van der Waals surface area (Å²) in [6.45, 7) is 3.32. The summed E-state index contributed by atoms with van der Waals surface area (Å²) < 4.78 is 38.1. The zero-order chi connectivity index (χ0) is 14.0. The standard InChI is InChI=1S/C11H22O6S/c1-3-4-5-6-7-8-11(12)16-9-10(2)17-18(13,14)15/h10H,3-9H2,1-2H3,(H,13,14,15). The van der Waals surface area contributed by atoms with E-state index in [-0.39, 0.29) is 12.6 Å². The van der Waals surface area contributed by atoms with Gasteiger partial charge in [0.15, 0.2) is 0 Å². The Morgan fingerprint density at radius 1 is 1.22 bits per heavy atom. The van der Waals surface area contributed by atoms with Gasteiger partial charge in [-0.1, -0.05) is 32.6 Å². The van der Waals surface area contributed by atoms with Crippen LogP contribution in [0.2, 0.25) is 0 Å². The second kappa shape index (κ2) is 9.29. The summed E-state index contributed by atoms with van der Waals surface area (Å²) in [6, 6.07) is 0. The minimum atomic E-state index is -4.49. The zero-order valence-electron chi connectivity index (χ0n) is 10.9. The Morgan fingerprint density at radius 3 is 2.39 bits per heavy atom. The summed E-state index contributed by atoms with van der Waals surface area (Å²) in [6.07, 6.45) is 4.60. The fourth-order valence-electron chi connectivity index (χ4n) is 1.39. The fraction of sp³-hybridized carbons (Fsp3) is 0.909. The van der Waals surface area contributed by atoms with Crippen molar-refractivity contribution in [1.29, 1.82) is 0 Å². The molecule has 7 heteroatoms. The predicted octanol–water partition coefficient (Wildman–Crippen LogP) is 2.10. The van der Waals surface area contributed by atoms with Crippen molar-refractivity contribution in [1.82, 2.24) is 0 Å². The second-order valence-electron chi connectivity index (χ2n) is 4.18. The highest BCUT2D eigenvalue weighted by atomic mass is 32.3. The average molecular weight is 282 g/mol. The van der Waals surface area contributed by atoms with E-state index in [1.165, 1.54) is 6.92 Å². The molecule has 108 valence electrons. The molecule has 1 atom stereocenters. The van der Waals surface area contributed by atoms with Crippen LogP contribution < -0.4 is 0 Å². The van der Waals surface area contributed by atoms with E-state index in [2.05, 4.69) is 11.1 Å². The third-order valence-corrected chi connectivity index (χ3v) is 2.82. The van der Waals surface area contributed by atoms with Gasteiger partial charge in [0, 0.05) is 6.42 Å². The molecular formula is C11H22O6S. The van der Waals surface area contributed by atoms with E-state index in [1.54, 1.807) is 0 Å². The summed E-state index contributed by atoms with van der Waals surface area (Å²) in [5.74, 6) is -0.378. The highest BCUT2D eigenvalue weighted by molar-refractivity contribution is 7.80. The average Bonchev–Trinajstić information content (AvgIpc) is 2.24. The van der Waals surface area contributed by atoms with Crippen molar-refractivity contribution in [3.05, 3.63) is 0 Å². The van der Waals surface area contributed by atoms with Crippen LogP contribution in [0.4, 0.5) is 0 Å². The Hall–Kier alpha value is -0.660. The molecule has 0 rings (SSSR count). The van der Waals surface area contributed by atoms with E-state index < -0.39 is 16.5 Å². The van der Waals surface area contributed by atoms with Crippen molar-refractivity contribution < 1.29 is 26.7 Å². The first kappa shape index (κ1) is 17.3. The number of esters is 1. The molecule has 18 heavy (non-hydrogen) atoms. The molecule has 0 saturated carbocycles. The van der Waals surface area contributed by atoms with Crippen LogP contribution in [0.15, 0.2) is 0 Å². The Balaban J connectivity index is 3.58. The zero-order valence-corrected chi connectivity index (χ0v) is 11.7. The lowest BCUT2D eigenvalue weighted by Crippen LogP contribution is -2.22. The molecule has 0 aromatic heterocycles. The molecule has 0 heterocycles. The van der Waals surface area contributed by atoms with Gasteiger partial charge >= 0.3 is 16.4 Å². The molecule has 0 spiro atoms. The van der Waals surface area contributed by atoms with Crippen LogP contribution in [0, 0.1) is 0 Å². The summed E-state index contributed by atoms with van der Waals surface area (Å²) in [4.78, 5) is 11.3. The Bertz CT molecular complexity index is 324. The van der Waals surface area contributed by atoms with Gasteiger partial charge in [-0.25, -0.2) is 4.18 Å². The number of hydrogen-bond acceptors (Lipinski definition) is 5. The second-order valence-corrected chi connectivity index (χ2v) is 5.23. The number of rotatable bonds is 10. The summed E-state index contributed by atoms with van der Waals surface area (Å²) in [7, 11) is -4.49. The van der Waals surface area contributed by atoms with Gasteiger partial charge in [0.1, 0.15) is 12.7 Å². The van der Waals surface area contributed by atoms with E-state index >= 15 is 0 Å². The Kier molecular flexibility index (Phi) is 8.95. The maximum atomic E-state index is 11.3. The summed E-state index contributed by atoms with van der Waals surface area (Å²) in [5, 5.41) is 0. The minimum absolute atomic E-state index is 0.187. The molecule has 0 radical (unpaired) electrons. The largest absolute Gasteiger partial charge is 0.463 e. The van der Waals surface area contributed by atoms with E-state index in [4.69, 9.17) is 9.29 Å². The Morgan fingerprint density at radius 2 is 1.83 bits per heavy atom.